The van der Waals surface area contributed by atoms with E-state index in [4.69, 9.17) is 20.9 Å². The summed E-state index contributed by atoms with van der Waals surface area (Å²) in [5.74, 6) is -0.943. The van der Waals surface area contributed by atoms with E-state index in [1.165, 1.54) is 12.7 Å². The van der Waals surface area contributed by atoms with Crippen molar-refractivity contribution in [2.45, 2.75) is 76.6 Å². The molecule has 44 heavy (non-hydrogen) atoms. The van der Waals surface area contributed by atoms with E-state index in [9.17, 15) is 14.7 Å². The molecule has 2 amide bonds. The molecule has 0 saturated heterocycles. The van der Waals surface area contributed by atoms with Gasteiger partial charge in [-0.15, -0.1) is 0 Å². The number of methoxy groups -OCH3 is 1. The lowest BCUT2D eigenvalue weighted by Crippen LogP contribution is -2.53. The molecule has 3 aromatic rings. The molecule has 9 heteroatoms. The van der Waals surface area contributed by atoms with Crippen LogP contribution in [0.5, 0.6) is 0 Å². The summed E-state index contributed by atoms with van der Waals surface area (Å²) >= 11 is 0. The molecule has 3 rings (SSSR count). The van der Waals surface area contributed by atoms with Gasteiger partial charge in [0.25, 0.3) is 0 Å². The Hall–Kier alpha value is -3.60. The van der Waals surface area contributed by atoms with Crippen LogP contribution in [-0.2, 0) is 45.1 Å². The number of hydrogen-bond acceptors (Lipinski definition) is 7. The summed E-state index contributed by atoms with van der Waals surface area (Å²) in [6, 6.07) is 26.3. The molecule has 238 valence electrons. The summed E-state index contributed by atoms with van der Waals surface area (Å²) in [6.45, 7) is 4.47. The highest BCUT2D eigenvalue weighted by molar-refractivity contribution is 5.89. The number of aliphatic hydroxyl groups is 1. The molecule has 0 heterocycles. The lowest BCUT2D eigenvalue weighted by atomic mass is 9.99. The molecule has 3 aromatic carbocycles. The first-order valence-corrected chi connectivity index (χ1v) is 15.2. The molecule has 0 spiro atoms. The monoisotopic (exact) mass is 604 g/mol. The Balaban J connectivity index is 1.44. The third-order valence-corrected chi connectivity index (χ3v) is 7.49. The minimum absolute atomic E-state index is 0.00237. The van der Waals surface area contributed by atoms with E-state index >= 15 is 0 Å². The van der Waals surface area contributed by atoms with Gasteiger partial charge in [-0.05, 0) is 41.0 Å². The van der Waals surface area contributed by atoms with Crippen molar-refractivity contribution in [1.82, 2.24) is 10.6 Å². The van der Waals surface area contributed by atoms with Crippen LogP contribution in [0.15, 0.2) is 84.9 Å². The second kappa shape index (κ2) is 18.3. The Kier molecular flexibility index (Phi) is 14.5. The van der Waals surface area contributed by atoms with Gasteiger partial charge in [0, 0.05) is 26.1 Å². The molecular weight excluding hydrogens is 556 g/mol. The SMILES string of the molecule is CO[C@H](C[C@H](O)[C@@H](N)COCc1cccc(CC(N)Cc2ccccc2)c1)C(=O)NC(C(=O)NCc1ccccc1)C(C)C. The molecule has 7 N–H and O–H groups in total. The highest BCUT2D eigenvalue weighted by Gasteiger charge is 2.30. The van der Waals surface area contributed by atoms with Crippen LogP contribution < -0.4 is 22.1 Å². The summed E-state index contributed by atoms with van der Waals surface area (Å²) < 4.78 is 11.2. The van der Waals surface area contributed by atoms with Crippen molar-refractivity contribution in [3.63, 3.8) is 0 Å². The Labute approximate surface area is 261 Å². The van der Waals surface area contributed by atoms with Crippen molar-refractivity contribution < 1.29 is 24.2 Å². The van der Waals surface area contributed by atoms with Crippen LogP contribution >= 0.6 is 0 Å². The molecule has 0 aliphatic heterocycles. The van der Waals surface area contributed by atoms with Crippen molar-refractivity contribution in [3.8, 4) is 0 Å². The zero-order valence-electron chi connectivity index (χ0n) is 26.0. The van der Waals surface area contributed by atoms with Crippen LogP contribution in [0.2, 0.25) is 0 Å². The maximum atomic E-state index is 13.0. The number of aliphatic hydroxyl groups excluding tert-OH is 1. The largest absolute Gasteiger partial charge is 0.391 e. The zero-order valence-corrected chi connectivity index (χ0v) is 26.0. The average Bonchev–Trinajstić information content (AvgIpc) is 3.02. The lowest BCUT2D eigenvalue weighted by molar-refractivity contribution is -0.137. The number of nitrogens with two attached hydrogens (primary N) is 2. The van der Waals surface area contributed by atoms with Crippen LogP contribution in [0.3, 0.4) is 0 Å². The van der Waals surface area contributed by atoms with Gasteiger partial charge in [-0.3, -0.25) is 9.59 Å². The fourth-order valence-corrected chi connectivity index (χ4v) is 4.94. The fraction of sp³-hybridized carbons (Fsp3) is 0.429. The van der Waals surface area contributed by atoms with Crippen LogP contribution in [-0.4, -0.2) is 61.0 Å². The normalized spacial score (nSPS) is 14.8. The van der Waals surface area contributed by atoms with E-state index in [1.54, 1.807) is 0 Å². The molecule has 0 aliphatic rings. The van der Waals surface area contributed by atoms with Gasteiger partial charge >= 0.3 is 0 Å². The summed E-state index contributed by atoms with van der Waals surface area (Å²) in [7, 11) is 1.39. The minimum Gasteiger partial charge on any atom is -0.391 e. The van der Waals surface area contributed by atoms with Crippen molar-refractivity contribution in [1.29, 1.82) is 0 Å². The Morgan fingerprint density at radius 2 is 1.41 bits per heavy atom. The van der Waals surface area contributed by atoms with Crippen molar-refractivity contribution in [2.75, 3.05) is 13.7 Å². The number of rotatable bonds is 18. The Morgan fingerprint density at radius 1 is 0.818 bits per heavy atom. The molecule has 0 radical (unpaired) electrons. The molecule has 0 fully saturated rings. The highest BCUT2D eigenvalue weighted by atomic mass is 16.5. The van der Waals surface area contributed by atoms with Crippen LogP contribution in [0, 0.1) is 5.92 Å². The molecule has 0 aromatic heterocycles. The van der Waals surface area contributed by atoms with Crippen LogP contribution in [0.1, 0.15) is 42.5 Å². The van der Waals surface area contributed by atoms with Gasteiger partial charge < -0.3 is 36.7 Å². The summed E-state index contributed by atoms with van der Waals surface area (Å²) in [5, 5.41) is 16.4. The molecule has 9 nitrogen and oxygen atoms in total. The van der Waals surface area contributed by atoms with Gasteiger partial charge in [-0.1, -0.05) is 98.8 Å². The smallest absolute Gasteiger partial charge is 0.249 e. The van der Waals surface area contributed by atoms with Crippen LogP contribution in [0.4, 0.5) is 0 Å². The standard InChI is InChI=1S/C35H48N4O5/c1-24(2)33(35(42)38-21-26-13-8-5-9-14-26)39-34(41)32(43-3)20-31(40)30(37)23-44-22-28-16-10-15-27(17-28)19-29(36)18-25-11-6-4-7-12-25/h4-17,24,29-33,40H,18-23,36-37H2,1-3H3,(H,38,42)(H,39,41)/t29?,30-,31-,32+,33?/m0/s1. The molecule has 2 unspecified atom stereocenters. The van der Waals surface area contributed by atoms with Gasteiger partial charge in [-0.25, -0.2) is 0 Å². The first kappa shape index (κ1) is 34.9. The van der Waals surface area contributed by atoms with Gasteiger partial charge in [0.05, 0.1) is 25.4 Å². The van der Waals surface area contributed by atoms with E-state index in [0.717, 1.165) is 29.5 Å². The van der Waals surface area contributed by atoms with Gasteiger partial charge in [0.1, 0.15) is 12.1 Å². The second-order valence-corrected chi connectivity index (χ2v) is 11.6. The molecule has 0 aliphatic carbocycles. The maximum absolute atomic E-state index is 13.0. The number of amides is 2. The number of carbonyl (C=O) groups excluding carboxylic acids is 2. The Morgan fingerprint density at radius 3 is 2.05 bits per heavy atom. The van der Waals surface area contributed by atoms with Gasteiger partial charge in [-0.2, -0.15) is 0 Å². The predicted molar refractivity (Wildman–Crippen MR) is 172 cm³/mol. The number of ether oxygens (including phenoxy) is 2. The predicted octanol–water partition coefficient (Wildman–Crippen LogP) is 2.87. The summed E-state index contributed by atoms with van der Waals surface area (Å²) in [5.41, 5.74) is 16.9. The number of carbonyl (C=O) groups is 2. The first-order valence-electron chi connectivity index (χ1n) is 15.2. The quantitative estimate of drug-likeness (QED) is 0.150. The highest BCUT2D eigenvalue weighted by Crippen LogP contribution is 2.13. The number of benzene rings is 3. The number of nitrogens with one attached hydrogen (secondary N) is 2. The maximum Gasteiger partial charge on any atom is 0.249 e. The molecule has 5 atom stereocenters. The van der Waals surface area contributed by atoms with E-state index in [-0.39, 0.29) is 30.9 Å². The molecular formula is C35H48N4O5. The topological polar surface area (TPSA) is 149 Å². The zero-order chi connectivity index (χ0) is 31.9. The third-order valence-electron chi connectivity index (χ3n) is 7.49. The summed E-state index contributed by atoms with van der Waals surface area (Å²) in [6.07, 6.45) is -0.547. The Bertz CT molecular complexity index is 1270. The average molecular weight is 605 g/mol. The van der Waals surface area contributed by atoms with E-state index in [1.807, 2.05) is 74.5 Å². The fourth-order valence-electron chi connectivity index (χ4n) is 4.94. The lowest BCUT2D eigenvalue weighted by Gasteiger charge is -2.26. The van der Waals surface area contributed by atoms with E-state index < -0.39 is 30.2 Å². The summed E-state index contributed by atoms with van der Waals surface area (Å²) in [4.78, 5) is 25.9. The van der Waals surface area contributed by atoms with Crippen molar-refractivity contribution >= 4 is 11.8 Å². The molecule has 0 bridgehead atoms. The third kappa shape index (κ3) is 11.8. The van der Waals surface area contributed by atoms with E-state index in [2.05, 4.69) is 34.9 Å². The van der Waals surface area contributed by atoms with Crippen molar-refractivity contribution in [2.24, 2.45) is 17.4 Å². The number of hydrogen-bond donors (Lipinski definition) is 5. The molecule has 0 saturated carbocycles. The van der Waals surface area contributed by atoms with Crippen LogP contribution in [0.25, 0.3) is 0 Å². The minimum atomic E-state index is -1.06. The van der Waals surface area contributed by atoms with E-state index in [0.29, 0.717) is 13.2 Å². The van der Waals surface area contributed by atoms with Gasteiger partial charge in [0.15, 0.2) is 0 Å². The van der Waals surface area contributed by atoms with Crippen molar-refractivity contribution in [3.05, 3.63) is 107 Å². The second-order valence-electron chi connectivity index (χ2n) is 11.6. The first-order chi connectivity index (χ1) is 21.2. The van der Waals surface area contributed by atoms with Gasteiger partial charge in [0.2, 0.25) is 11.8 Å².